The average molecular weight is 300 g/mol. The first-order valence-electron chi connectivity index (χ1n) is 5.76. The Hall–Kier alpha value is -2.01. The number of thioether (sulfide) groups is 1. The molecular formula is C15H10ClN3S. The SMILES string of the molecule is C#CCSc1nc(Cl)c(C#N)c(-c2ccc(C)cc2)n1. The molecule has 0 unspecified atom stereocenters. The molecule has 1 heterocycles. The first-order valence-corrected chi connectivity index (χ1v) is 7.13. The highest BCUT2D eigenvalue weighted by Crippen LogP contribution is 2.28. The Morgan fingerprint density at radius 2 is 2.00 bits per heavy atom. The molecule has 0 fully saturated rings. The van der Waals surface area contributed by atoms with Crippen LogP contribution in [-0.4, -0.2) is 15.7 Å². The summed E-state index contributed by atoms with van der Waals surface area (Å²) in [5.41, 5.74) is 2.78. The Morgan fingerprint density at radius 3 is 2.60 bits per heavy atom. The van der Waals surface area contributed by atoms with Crippen molar-refractivity contribution in [2.24, 2.45) is 0 Å². The molecule has 20 heavy (non-hydrogen) atoms. The summed E-state index contributed by atoms with van der Waals surface area (Å²) < 4.78 is 0. The Bertz CT molecular complexity index is 712. The number of nitrogens with zero attached hydrogens (tertiary/aromatic N) is 3. The Kier molecular flexibility index (Phi) is 4.63. The molecule has 2 aromatic rings. The molecule has 0 amide bonds. The molecule has 2 rings (SSSR count). The molecule has 0 saturated heterocycles. The predicted molar refractivity (Wildman–Crippen MR) is 81.5 cm³/mol. The van der Waals surface area contributed by atoms with Gasteiger partial charge in [-0.3, -0.25) is 0 Å². The van der Waals surface area contributed by atoms with E-state index in [1.165, 1.54) is 11.8 Å². The number of hydrogen-bond donors (Lipinski definition) is 0. The van der Waals surface area contributed by atoms with Gasteiger partial charge in [-0.2, -0.15) is 5.26 Å². The maximum Gasteiger partial charge on any atom is 0.190 e. The molecule has 0 radical (unpaired) electrons. The van der Waals surface area contributed by atoms with Gasteiger partial charge in [0.25, 0.3) is 0 Å². The molecule has 0 aliphatic rings. The molecule has 1 aromatic heterocycles. The second-order valence-electron chi connectivity index (χ2n) is 3.99. The van der Waals surface area contributed by atoms with Gasteiger partial charge in [-0.05, 0) is 6.92 Å². The van der Waals surface area contributed by atoms with Gasteiger partial charge in [0.1, 0.15) is 11.6 Å². The van der Waals surface area contributed by atoms with Gasteiger partial charge in [-0.1, -0.05) is 59.1 Å². The van der Waals surface area contributed by atoms with E-state index in [1.54, 1.807) is 0 Å². The molecule has 0 aliphatic carbocycles. The van der Waals surface area contributed by atoms with Gasteiger partial charge < -0.3 is 0 Å². The van der Waals surface area contributed by atoms with E-state index in [4.69, 9.17) is 18.0 Å². The summed E-state index contributed by atoms with van der Waals surface area (Å²) in [6.07, 6.45) is 5.22. The minimum atomic E-state index is 0.151. The summed E-state index contributed by atoms with van der Waals surface area (Å²) in [4.78, 5) is 8.48. The first-order chi connectivity index (χ1) is 9.65. The number of benzene rings is 1. The zero-order valence-corrected chi connectivity index (χ0v) is 12.3. The topological polar surface area (TPSA) is 49.6 Å². The van der Waals surface area contributed by atoms with Gasteiger partial charge in [0.2, 0.25) is 0 Å². The van der Waals surface area contributed by atoms with Crippen molar-refractivity contribution in [3.05, 3.63) is 40.5 Å². The first kappa shape index (κ1) is 14.4. The van der Waals surface area contributed by atoms with Crippen molar-refractivity contribution < 1.29 is 0 Å². The van der Waals surface area contributed by atoms with E-state index < -0.39 is 0 Å². The second kappa shape index (κ2) is 6.43. The number of terminal acetylenes is 1. The fourth-order valence-corrected chi connectivity index (χ4v) is 2.39. The van der Waals surface area contributed by atoms with Crippen molar-refractivity contribution in [3.63, 3.8) is 0 Å². The molecular weight excluding hydrogens is 290 g/mol. The smallest absolute Gasteiger partial charge is 0.190 e. The monoisotopic (exact) mass is 299 g/mol. The van der Waals surface area contributed by atoms with E-state index in [2.05, 4.69) is 22.0 Å². The fraction of sp³-hybridized carbons (Fsp3) is 0.133. The van der Waals surface area contributed by atoms with Crippen LogP contribution in [0.4, 0.5) is 0 Å². The number of hydrogen-bond acceptors (Lipinski definition) is 4. The molecule has 0 bridgehead atoms. The third-order valence-electron chi connectivity index (χ3n) is 2.57. The summed E-state index contributed by atoms with van der Waals surface area (Å²) >= 11 is 7.37. The van der Waals surface area contributed by atoms with Gasteiger partial charge in [0.15, 0.2) is 10.3 Å². The summed E-state index contributed by atoms with van der Waals surface area (Å²) in [5.74, 6) is 2.96. The number of nitriles is 1. The van der Waals surface area contributed by atoms with Gasteiger partial charge >= 0.3 is 0 Å². The van der Waals surface area contributed by atoms with E-state index in [0.717, 1.165) is 11.1 Å². The van der Waals surface area contributed by atoms with Crippen LogP contribution < -0.4 is 0 Å². The van der Waals surface area contributed by atoms with Gasteiger partial charge in [0.05, 0.1) is 11.4 Å². The maximum atomic E-state index is 9.23. The van der Waals surface area contributed by atoms with Gasteiger partial charge in [-0.15, -0.1) is 6.42 Å². The lowest BCUT2D eigenvalue weighted by Gasteiger charge is -2.07. The Labute approximate surface area is 127 Å². The Morgan fingerprint density at radius 1 is 1.30 bits per heavy atom. The highest BCUT2D eigenvalue weighted by molar-refractivity contribution is 7.99. The van der Waals surface area contributed by atoms with Crippen LogP contribution in [0.2, 0.25) is 5.15 Å². The fourth-order valence-electron chi connectivity index (χ4n) is 1.60. The largest absolute Gasteiger partial charge is 0.221 e. The molecule has 1 aromatic carbocycles. The number of aromatic nitrogens is 2. The van der Waals surface area contributed by atoms with Crippen LogP contribution in [0.5, 0.6) is 0 Å². The van der Waals surface area contributed by atoms with E-state index in [9.17, 15) is 5.26 Å². The van der Waals surface area contributed by atoms with E-state index in [-0.39, 0.29) is 10.7 Å². The van der Waals surface area contributed by atoms with E-state index in [1.807, 2.05) is 31.2 Å². The normalized spacial score (nSPS) is 9.80. The van der Waals surface area contributed by atoms with Crippen LogP contribution in [0.3, 0.4) is 0 Å². The van der Waals surface area contributed by atoms with E-state index in [0.29, 0.717) is 16.6 Å². The number of halogens is 1. The van der Waals surface area contributed by atoms with Gasteiger partial charge in [-0.25, -0.2) is 9.97 Å². The average Bonchev–Trinajstić information content (AvgIpc) is 2.45. The molecule has 5 heteroatoms. The van der Waals surface area contributed by atoms with Crippen molar-refractivity contribution in [3.8, 4) is 29.7 Å². The second-order valence-corrected chi connectivity index (χ2v) is 5.29. The Balaban J connectivity index is 2.55. The molecule has 0 atom stereocenters. The highest BCUT2D eigenvalue weighted by atomic mass is 35.5. The minimum Gasteiger partial charge on any atom is -0.221 e. The standard InChI is InChI=1S/C15H10ClN3S/c1-3-8-20-15-18-13(12(9-17)14(16)19-15)11-6-4-10(2)5-7-11/h1,4-7H,8H2,2H3. The lowest BCUT2D eigenvalue weighted by Crippen LogP contribution is -1.97. The van der Waals surface area contributed by atoms with E-state index >= 15 is 0 Å². The van der Waals surface area contributed by atoms with Crippen LogP contribution in [0.25, 0.3) is 11.3 Å². The van der Waals surface area contributed by atoms with Crippen molar-refractivity contribution in [2.45, 2.75) is 12.1 Å². The van der Waals surface area contributed by atoms with Crippen LogP contribution >= 0.6 is 23.4 Å². The molecule has 0 spiro atoms. The third-order valence-corrected chi connectivity index (χ3v) is 3.59. The molecule has 98 valence electrons. The molecule has 3 nitrogen and oxygen atoms in total. The predicted octanol–water partition coefficient (Wildman–Crippen LogP) is 3.70. The van der Waals surface area contributed by atoms with Crippen LogP contribution in [0, 0.1) is 30.6 Å². The lowest BCUT2D eigenvalue weighted by atomic mass is 10.1. The number of rotatable bonds is 3. The quantitative estimate of drug-likeness (QED) is 0.375. The molecule has 0 saturated carbocycles. The van der Waals surface area contributed by atoms with Gasteiger partial charge in [0, 0.05) is 5.56 Å². The molecule has 0 N–H and O–H groups in total. The molecule has 0 aliphatic heterocycles. The number of aryl methyl sites for hydroxylation is 1. The van der Waals surface area contributed by atoms with Crippen LogP contribution in [-0.2, 0) is 0 Å². The lowest BCUT2D eigenvalue weighted by molar-refractivity contribution is 0.969. The zero-order valence-electron chi connectivity index (χ0n) is 10.7. The van der Waals surface area contributed by atoms with Crippen molar-refractivity contribution >= 4 is 23.4 Å². The van der Waals surface area contributed by atoms with Crippen molar-refractivity contribution in [1.82, 2.24) is 9.97 Å². The summed E-state index contributed by atoms with van der Waals surface area (Å²) in [5, 5.41) is 9.85. The van der Waals surface area contributed by atoms with Crippen LogP contribution in [0.1, 0.15) is 11.1 Å². The summed E-state index contributed by atoms with van der Waals surface area (Å²) in [6.45, 7) is 2.00. The maximum absolute atomic E-state index is 9.23. The highest BCUT2D eigenvalue weighted by Gasteiger charge is 2.14. The van der Waals surface area contributed by atoms with Crippen LogP contribution in [0.15, 0.2) is 29.4 Å². The summed E-state index contributed by atoms with van der Waals surface area (Å²) in [6, 6.07) is 9.79. The third kappa shape index (κ3) is 3.11. The summed E-state index contributed by atoms with van der Waals surface area (Å²) in [7, 11) is 0. The van der Waals surface area contributed by atoms with Crippen molar-refractivity contribution in [1.29, 1.82) is 5.26 Å². The van der Waals surface area contributed by atoms with Crippen molar-refractivity contribution in [2.75, 3.05) is 5.75 Å². The zero-order chi connectivity index (χ0) is 14.5. The minimum absolute atomic E-state index is 0.151.